The molecule has 0 amide bonds. The molecule has 0 spiro atoms. The van der Waals surface area contributed by atoms with E-state index in [1.807, 2.05) is 58.0 Å². The standard InChI is InChI=1S/C34H34N4O4.ClH.In.3H/c1-7-21-17(3)25-13-26-19(5)23(9-11-33(39)40)31(37-26)16-32-24(10-12-34(41)42)20(6)28(38-32)15-30-22(8-2)18(4)27(36-30)14-29(21)35-25;;;;;/h7-8,13-16,35,38H,1-2,9-12H2,3-6H3,(H,39,40)(H,41,42);1H;;;;. The molecule has 10 heteroatoms. The molecule has 0 radical (unpaired) electrons. The summed E-state index contributed by atoms with van der Waals surface area (Å²) in [7, 11) is 0. The number of carboxylic acids is 2. The number of aromatic nitrogens is 4. The zero-order chi connectivity index (χ0) is 30.3. The number of hydrogen-bond acceptors (Lipinski definition) is 4. The summed E-state index contributed by atoms with van der Waals surface area (Å²) >= 11 is 0. The number of fused-ring (bicyclic) bond motifs is 8. The predicted molar refractivity (Wildman–Crippen MR) is 186 cm³/mol. The first-order valence-electron chi connectivity index (χ1n) is 13.9. The van der Waals surface area contributed by atoms with Crippen molar-refractivity contribution in [3.05, 3.63) is 88.5 Å². The number of aliphatic carboxylic acids is 2. The van der Waals surface area contributed by atoms with Crippen molar-refractivity contribution in [2.75, 3.05) is 0 Å². The minimum atomic E-state index is -0.883. The molecule has 228 valence electrons. The Morgan fingerprint density at radius 2 is 1.25 bits per heavy atom. The van der Waals surface area contributed by atoms with Gasteiger partial charge in [0, 0.05) is 46.0 Å². The van der Waals surface area contributed by atoms with Gasteiger partial charge in [-0.25, -0.2) is 9.97 Å². The first kappa shape index (κ1) is 34.7. The van der Waals surface area contributed by atoms with Gasteiger partial charge in [-0.15, -0.1) is 12.4 Å². The third-order valence-corrected chi connectivity index (χ3v) is 8.22. The van der Waals surface area contributed by atoms with Crippen molar-refractivity contribution in [1.29, 1.82) is 0 Å². The van der Waals surface area contributed by atoms with Crippen LogP contribution in [0.5, 0.6) is 0 Å². The Bertz CT molecular complexity index is 1930. The number of H-pyrrole nitrogens is 2. The molecule has 0 aliphatic carbocycles. The van der Waals surface area contributed by atoms with Gasteiger partial charge in [-0.1, -0.05) is 25.3 Å². The summed E-state index contributed by atoms with van der Waals surface area (Å²) in [6.07, 6.45) is 4.22. The second kappa shape index (κ2) is 13.9. The molecule has 3 aromatic rings. The molecule has 5 rings (SSSR count). The Morgan fingerprint density at radius 3 is 1.89 bits per heavy atom. The molecule has 5 heterocycles. The average Bonchev–Trinajstić information content (AvgIpc) is 3.59. The Kier molecular flexibility index (Phi) is 10.9. The topological polar surface area (TPSA) is 132 Å². The summed E-state index contributed by atoms with van der Waals surface area (Å²) in [5.74, 6) is -1.76. The first-order valence-corrected chi connectivity index (χ1v) is 13.9. The molecule has 4 N–H and O–H groups in total. The van der Waals surface area contributed by atoms with Gasteiger partial charge in [0.15, 0.2) is 0 Å². The van der Waals surface area contributed by atoms with E-state index in [1.165, 1.54) is 0 Å². The fourth-order valence-corrected chi connectivity index (χ4v) is 5.77. The van der Waals surface area contributed by atoms with Crippen LogP contribution in [-0.2, 0) is 16.0 Å². The van der Waals surface area contributed by atoms with E-state index < -0.39 is 11.9 Å². The van der Waals surface area contributed by atoms with Crippen LogP contribution in [0.15, 0.2) is 43.5 Å². The summed E-state index contributed by atoms with van der Waals surface area (Å²) in [6.45, 7) is 16.0. The van der Waals surface area contributed by atoms with Crippen LogP contribution in [-0.4, -0.2) is 67.9 Å². The molecule has 8 bridgehead atoms. The van der Waals surface area contributed by atoms with Crippen molar-refractivity contribution in [1.82, 2.24) is 19.9 Å². The van der Waals surface area contributed by atoms with Gasteiger partial charge in [-0.05, 0) is 98.2 Å². The second-order valence-electron chi connectivity index (χ2n) is 10.7. The minimum absolute atomic E-state index is 0. The fourth-order valence-electron chi connectivity index (χ4n) is 5.77. The fraction of sp³-hybridized carbons (Fsp3) is 0.235. The van der Waals surface area contributed by atoms with Crippen LogP contribution in [0.3, 0.4) is 0 Å². The number of aromatic amines is 2. The van der Waals surface area contributed by atoms with Crippen molar-refractivity contribution in [2.24, 2.45) is 0 Å². The van der Waals surface area contributed by atoms with Crippen LogP contribution in [0.1, 0.15) is 78.1 Å². The van der Waals surface area contributed by atoms with E-state index in [4.69, 9.17) is 9.97 Å². The Balaban J connectivity index is 0.00000264. The summed E-state index contributed by atoms with van der Waals surface area (Å²) in [5, 5.41) is 18.9. The van der Waals surface area contributed by atoms with Crippen molar-refractivity contribution < 1.29 is 19.8 Å². The molecule has 2 aliphatic rings. The van der Waals surface area contributed by atoms with E-state index in [1.54, 1.807) is 6.08 Å². The number of carbonyl (C=O) groups is 2. The monoisotopic (exact) mass is 716 g/mol. The Labute approximate surface area is 281 Å². The van der Waals surface area contributed by atoms with Crippen molar-refractivity contribution in [3.8, 4) is 0 Å². The zero-order valence-electron chi connectivity index (χ0n) is 24.7. The second-order valence-corrected chi connectivity index (χ2v) is 10.7. The number of allylic oxidation sites excluding steroid dienone is 5. The number of nitrogens with zero attached hydrogens (tertiary/aromatic N) is 2. The van der Waals surface area contributed by atoms with Crippen LogP contribution >= 0.6 is 12.4 Å². The maximum absolute atomic E-state index is 11.5. The summed E-state index contributed by atoms with van der Waals surface area (Å²) in [6, 6.07) is 7.88. The van der Waals surface area contributed by atoms with Crippen LogP contribution < -0.4 is 0 Å². The molecule has 0 aromatic carbocycles. The van der Waals surface area contributed by atoms with E-state index in [9.17, 15) is 19.8 Å². The Hall–Kier alpha value is -3.82. The molecule has 0 unspecified atom stereocenters. The van der Waals surface area contributed by atoms with E-state index in [0.29, 0.717) is 18.5 Å². The molecule has 0 saturated carbocycles. The van der Waals surface area contributed by atoms with Crippen LogP contribution in [0.25, 0.3) is 50.4 Å². The number of hydrogen-bond donors (Lipinski definition) is 4. The van der Waals surface area contributed by atoms with E-state index in [-0.39, 0.29) is 51.1 Å². The van der Waals surface area contributed by atoms with Crippen LogP contribution in [0, 0.1) is 13.8 Å². The molecule has 0 fully saturated rings. The summed E-state index contributed by atoms with van der Waals surface area (Å²) in [5.41, 5.74) is 13.7. The van der Waals surface area contributed by atoms with Gasteiger partial charge in [0.05, 0.1) is 22.8 Å². The van der Waals surface area contributed by atoms with E-state index in [2.05, 4.69) is 23.1 Å². The number of halogens is 1. The average molecular weight is 717 g/mol. The zero-order valence-corrected chi connectivity index (χ0v) is 25.5. The van der Waals surface area contributed by atoms with Crippen LogP contribution in [0.2, 0.25) is 0 Å². The number of aryl methyl sites for hydroxylation is 3. The predicted octanol–water partition coefficient (Wildman–Crippen LogP) is 6.74. The molecular formula is C34H38ClInN4O4. The van der Waals surface area contributed by atoms with Gasteiger partial charge in [-0.2, -0.15) is 0 Å². The van der Waals surface area contributed by atoms with Gasteiger partial charge in [-0.3, -0.25) is 9.59 Å². The molecule has 3 aromatic heterocycles. The van der Waals surface area contributed by atoms with Crippen LogP contribution in [0.4, 0.5) is 0 Å². The molecular weight excluding hydrogens is 679 g/mol. The van der Waals surface area contributed by atoms with Crippen molar-refractivity contribution in [3.63, 3.8) is 0 Å². The molecule has 0 atom stereocenters. The summed E-state index contributed by atoms with van der Waals surface area (Å²) < 4.78 is 0. The van der Waals surface area contributed by atoms with Gasteiger partial charge < -0.3 is 20.2 Å². The number of carboxylic acid groups (broad SMARTS) is 2. The molecule has 44 heavy (non-hydrogen) atoms. The molecule has 0 saturated heterocycles. The quantitative estimate of drug-likeness (QED) is 0.204. The van der Waals surface area contributed by atoms with Crippen molar-refractivity contribution in [2.45, 2.75) is 53.4 Å². The summed E-state index contributed by atoms with van der Waals surface area (Å²) in [4.78, 5) is 40.0. The van der Waals surface area contributed by atoms with Gasteiger partial charge in [0.25, 0.3) is 0 Å². The number of nitrogens with one attached hydrogen (secondary N) is 2. The first-order chi connectivity index (χ1) is 20.0. The third-order valence-electron chi connectivity index (χ3n) is 8.22. The SMILES string of the molecule is C=CC1=C(C)c2cc3[nH]c(cc4nc(cc5[nH]c(cc1n2)c(C)c5CCC(=O)O)C(CCC(=O)O)=C4C)c(C)c3C=C.Cl.[InH3]. The maximum atomic E-state index is 11.5. The van der Waals surface area contributed by atoms with E-state index in [0.717, 1.165) is 83.7 Å². The van der Waals surface area contributed by atoms with Gasteiger partial charge >= 0.3 is 37.8 Å². The molecule has 8 nitrogen and oxygen atoms in total. The number of rotatable bonds is 8. The van der Waals surface area contributed by atoms with Gasteiger partial charge in [0.2, 0.25) is 0 Å². The molecule has 2 aliphatic heterocycles. The third kappa shape index (κ3) is 6.49. The van der Waals surface area contributed by atoms with E-state index >= 15 is 0 Å². The van der Waals surface area contributed by atoms with Crippen molar-refractivity contribution >= 4 is 101 Å². The van der Waals surface area contributed by atoms with Gasteiger partial charge in [0.1, 0.15) is 0 Å². The normalized spacial score (nSPS) is 12.5. The Morgan fingerprint density at radius 1 is 0.727 bits per heavy atom.